The summed E-state index contributed by atoms with van der Waals surface area (Å²) in [6.07, 6.45) is 5.78. The molecule has 3 amide bonds. The molecule has 1 N–H and O–H groups in total. The Bertz CT molecular complexity index is 824. The van der Waals surface area contributed by atoms with Crippen LogP contribution in [0.2, 0.25) is 0 Å². The molecule has 7 heteroatoms. The van der Waals surface area contributed by atoms with Gasteiger partial charge in [-0.25, -0.2) is 14.7 Å². The summed E-state index contributed by atoms with van der Waals surface area (Å²) in [6.45, 7) is 2.35. The monoisotopic (exact) mass is 386 g/mol. The van der Waals surface area contributed by atoms with Crippen molar-refractivity contribution in [1.29, 1.82) is 0 Å². The van der Waals surface area contributed by atoms with E-state index in [1.54, 1.807) is 11.3 Å². The Morgan fingerprint density at radius 2 is 1.93 bits per heavy atom. The number of hydrogen-bond acceptors (Lipinski definition) is 5. The predicted molar refractivity (Wildman–Crippen MR) is 106 cm³/mol. The van der Waals surface area contributed by atoms with Gasteiger partial charge in [-0.3, -0.25) is 9.69 Å². The summed E-state index contributed by atoms with van der Waals surface area (Å²) in [5.41, 5.74) is 0.318. The van der Waals surface area contributed by atoms with Gasteiger partial charge in [0.1, 0.15) is 10.5 Å². The van der Waals surface area contributed by atoms with Crippen molar-refractivity contribution in [3.63, 3.8) is 0 Å². The van der Waals surface area contributed by atoms with E-state index in [1.165, 1.54) is 4.90 Å². The Labute approximate surface area is 163 Å². The van der Waals surface area contributed by atoms with Gasteiger partial charge in [-0.05, 0) is 38.9 Å². The highest BCUT2D eigenvalue weighted by molar-refractivity contribution is 7.18. The molecular formula is C20H26N4O2S. The Morgan fingerprint density at radius 3 is 2.63 bits per heavy atom. The number of nitrogens with zero attached hydrogens (tertiary/aromatic N) is 3. The molecule has 4 rings (SSSR count). The van der Waals surface area contributed by atoms with Crippen molar-refractivity contribution in [2.24, 2.45) is 0 Å². The van der Waals surface area contributed by atoms with Crippen LogP contribution in [0.4, 0.5) is 4.79 Å². The molecule has 0 bridgehead atoms. The lowest BCUT2D eigenvalue weighted by Gasteiger charge is -2.28. The highest BCUT2D eigenvalue weighted by Crippen LogP contribution is 2.34. The van der Waals surface area contributed by atoms with Crippen molar-refractivity contribution in [2.75, 3.05) is 13.7 Å². The zero-order valence-electron chi connectivity index (χ0n) is 15.9. The first-order valence-electron chi connectivity index (χ1n) is 9.70. The van der Waals surface area contributed by atoms with Gasteiger partial charge in [0.15, 0.2) is 0 Å². The van der Waals surface area contributed by atoms with Crippen molar-refractivity contribution in [3.8, 4) is 0 Å². The fraction of sp³-hybridized carbons (Fsp3) is 0.550. The molecule has 1 saturated carbocycles. The Kier molecular flexibility index (Phi) is 4.90. The molecule has 1 atom stereocenters. The maximum absolute atomic E-state index is 13.1. The van der Waals surface area contributed by atoms with Crippen LogP contribution in [-0.4, -0.2) is 46.0 Å². The molecule has 1 aromatic carbocycles. The Balaban J connectivity index is 1.49. The van der Waals surface area contributed by atoms with E-state index in [-0.39, 0.29) is 24.6 Å². The van der Waals surface area contributed by atoms with Crippen LogP contribution in [-0.2, 0) is 4.79 Å². The number of fused-ring (bicyclic) bond motifs is 1. The number of rotatable bonds is 4. The highest BCUT2D eigenvalue weighted by atomic mass is 32.1. The maximum atomic E-state index is 13.1. The van der Waals surface area contributed by atoms with Gasteiger partial charge in [-0.1, -0.05) is 37.8 Å². The summed E-state index contributed by atoms with van der Waals surface area (Å²) in [5.74, 6) is -0.0576. The molecular weight excluding hydrogens is 360 g/mol. The maximum Gasteiger partial charge on any atom is 0.326 e. The summed E-state index contributed by atoms with van der Waals surface area (Å²) < 4.78 is 1.15. The molecule has 1 aliphatic carbocycles. The van der Waals surface area contributed by atoms with Crippen LogP contribution in [0.1, 0.15) is 56.5 Å². The number of para-hydroxylation sites is 1. The standard InChI is InChI=1S/C20H26N4O2S/c1-14(17-21-15-9-5-6-10-16(15)27-17)23(2)13-24-18(25)20(22-19(24)26)11-7-3-4-8-12-20/h5-6,9-10,14H,3-4,7-8,11-13H2,1-2H3,(H,22,26). The van der Waals surface area contributed by atoms with E-state index in [4.69, 9.17) is 4.98 Å². The van der Waals surface area contributed by atoms with Gasteiger partial charge in [0.2, 0.25) is 0 Å². The first-order chi connectivity index (χ1) is 13.0. The van der Waals surface area contributed by atoms with Gasteiger partial charge in [-0.15, -0.1) is 11.3 Å². The second-order valence-corrected chi connectivity index (χ2v) is 8.82. The fourth-order valence-corrected chi connectivity index (χ4v) is 5.16. The topological polar surface area (TPSA) is 65.5 Å². The zero-order chi connectivity index (χ0) is 19.0. The predicted octanol–water partition coefficient (Wildman–Crippen LogP) is 3.89. The summed E-state index contributed by atoms with van der Waals surface area (Å²) in [7, 11) is 1.94. The largest absolute Gasteiger partial charge is 0.326 e. The molecule has 1 aromatic heterocycles. The van der Waals surface area contributed by atoms with E-state index in [0.717, 1.165) is 53.7 Å². The normalized spacial score (nSPS) is 21.1. The van der Waals surface area contributed by atoms with Crippen LogP contribution >= 0.6 is 11.3 Å². The third-order valence-corrected chi connectivity index (χ3v) is 7.10. The molecule has 1 saturated heterocycles. The van der Waals surface area contributed by atoms with E-state index in [9.17, 15) is 9.59 Å². The minimum Gasteiger partial charge on any atom is -0.323 e. The molecule has 0 radical (unpaired) electrons. The first-order valence-corrected chi connectivity index (χ1v) is 10.5. The fourth-order valence-electron chi connectivity index (χ4n) is 4.08. The number of hydrogen-bond donors (Lipinski definition) is 1. The van der Waals surface area contributed by atoms with E-state index in [2.05, 4.69) is 18.3 Å². The lowest BCUT2D eigenvalue weighted by molar-refractivity contribution is -0.133. The summed E-state index contributed by atoms with van der Waals surface area (Å²) in [4.78, 5) is 33.8. The molecule has 2 aliphatic rings. The van der Waals surface area contributed by atoms with Crippen molar-refractivity contribution in [2.45, 2.75) is 57.0 Å². The molecule has 1 spiro atoms. The van der Waals surface area contributed by atoms with Gasteiger partial charge < -0.3 is 5.32 Å². The van der Waals surface area contributed by atoms with Crippen LogP contribution in [0.5, 0.6) is 0 Å². The van der Waals surface area contributed by atoms with Crippen LogP contribution < -0.4 is 5.32 Å². The molecule has 1 aliphatic heterocycles. The zero-order valence-corrected chi connectivity index (χ0v) is 16.7. The molecule has 2 fully saturated rings. The van der Waals surface area contributed by atoms with Crippen molar-refractivity contribution >= 4 is 33.5 Å². The first kappa shape index (κ1) is 18.4. The van der Waals surface area contributed by atoms with Crippen LogP contribution in [0.15, 0.2) is 24.3 Å². The molecule has 1 unspecified atom stereocenters. The second-order valence-electron chi connectivity index (χ2n) is 7.75. The molecule has 144 valence electrons. The number of aromatic nitrogens is 1. The number of carbonyl (C=O) groups excluding carboxylic acids is 2. The minimum atomic E-state index is -0.673. The Morgan fingerprint density at radius 1 is 1.22 bits per heavy atom. The number of imide groups is 1. The second kappa shape index (κ2) is 7.20. The number of thiazole rings is 1. The van der Waals surface area contributed by atoms with Crippen LogP contribution in [0.3, 0.4) is 0 Å². The lowest BCUT2D eigenvalue weighted by Crippen LogP contribution is -2.47. The average molecular weight is 387 g/mol. The van der Waals surface area contributed by atoms with Crippen molar-refractivity contribution < 1.29 is 9.59 Å². The van der Waals surface area contributed by atoms with Crippen molar-refractivity contribution in [3.05, 3.63) is 29.3 Å². The SMILES string of the molecule is CC(c1nc2ccccc2s1)N(C)CN1C(=O)NC2(CCCCCC2)C1=O. The van der Waals surface area contributed by atoms with Crippen LogP contribution in [0, 0.1) is 0 Å². The van der Waals surface area contributed by atoms with E-state index in [0.29, 0.717) is 0 Å². The van der Waals surface area contributed by atoms with E-state index >= 15 is 0 Å². The van der Waals surface area contributed by atoms with Gasteiger partial charge in [-0.2, -0.15) is 0 Å². The number of carbonyl (C=O) groups is 2. The summed E-state index contributed by atoms with van der Waals surface area (Å²) in [6, 6.07) is 7.84. The number of urea groups is 1. The molecule has 6 nitrogen and oxygen atoms in total. The lowest BCUT2D eigenvalue weighted by atomic mass is 9.90. The third kappa shape index (κ3) is 3.34. The van der Waals surface area contributed by atoms with Gasteiger partial charge in [0.05, 0.1) is 22.9 Å². The van der Waals surface area contributed by atoms with Gasteiger partial charge >= 0.3 is 6.03 Å². The molecule has 27 heavy (non-hydrogen) atoms. The van der Waals surface area contributed by atoms with E-state index in [1.807, 2.05) is 30.1 Å². The smallest absolute Gasteiger partial charge is 0.323 e. The molecule has 2 aromatic rings. The quantitative estimate of drug-likeness (QED) is 0.810. The average Bonchev–Trinajstić information content (AvgIpc) is 3.08. The highest BCUT2D eigenvalue weighted by Gasteiger charge is 2.50. The molecule has 2 heterocycles. The number of benzene rings is 1. The number of nitrogens with one attached hydrogen (secondary N) is 1. The summed E-state index contributed by atoms with van der Waals surface area (Å²) in [5, 5.41) is 4.01. The third-order valence-electron chi connectivity index (χ3n) is 5.90. The minimum absolute atomic E-state index is 0.0219. The Hall–Kier alpha value is -1.99. The van der Waals surface area contributed by atoms with E-state index < -0.39 is 5.54 Å². The van der Waals surface area contributed by atoms with Gasteiger partial charge in [0, 0.05) is 0 Å². The number of amides is 3. The van der Waals surface area contributed by atoms with Crippen LogP contribution in [0.25, 0.3) is 10.2 Å². The summed E-state index contributed by atoms with van der Waals surface area (Å²) >= 11 is 1.66. The van der Waals surface area contributed by atoms with Gasteiger partial charge in [0.25, 0.3) is 5.91 Å². The van der Waals surface area contributed by atoms with Crippen molar-refractivity contribution in [1.82, 2.24) is 20.1 Å².